The molecule has 0 spiro atoms. The Bertz CT molecular complexity index is 1400. The van der Waals surface area contributed by atoms with Crippen LogP contribution in [0.4, 0.5) is 5.69 Å². The van der Waals surface area contributed by atoms with E-state index in [9.17, 15) is 13.2 Å². The van der Waals surface area contributed by atoms with Crippen LogP contribution in [0.3, 0.4) is 0 Å². The van der Waals surface area contributed by atoms with Crippen LogP contribution in [0.5, 0.6) is 5.75 Å². The minimum atomic E-state index is -3.83. The molecule has 4 aromatic rings. The molecule has 8 nitrogen and oxygen atoms in total. The van der Waals surface area contributed by atoms with E-state index >= 15 is 0 Å². The molecule has 1 amide bonds. The minimum absolute atomic E-state index is 0.0319. The van der Waals surface area contributed by atoms with Gasteiger partial charge in [-0.05, 0) is 55.0 Å². The smallest absolute Gasteiger partial charge is 0.261 e. The Kier molecular flexibility index (Phi) is 7.62. The van der Waals surface area contributed by atoms with E-state index in [0.717, 1.165) is 5.56 Å². The molecule has 0 radical (unpaired) electrons. The quantitative estimate of drug-likeness (QED) is 0.306. The molecule has 10 heteroatoms. The van der Waals surface area contributed by atoms with Crippen LogP contribution >= 0.6 is 11.8 Å². The highest BCUT2D eigenvalue weighted by molar-refractivity contribution is 7.99. The lowest BCUT2D eigenvalue weighted by atomic mass is 10.2. The number of thioether (sulfide) groups is 1. The topological polar surface area (TPSA) is 102 Å². The molecular formula is C25H25N3O5S2. The molecule has 35 heavy (non-hydrogen) atoms. The summed E-state index contributed by atoms with van der Waals surface area (Å²) in [4.78, 5) is 18.9. The fraction of sp³-hybridized carbons (Fsp3) is 0.200. The van der Waals surface area contributed by atoms with Crippen LogP contribution in [0.15, 0.2) is 87.3 Å². The zero-order valence-corrected chi connectivity index (χ0v) is 20.9. The number of rotatable bonds is 10. The normalized spacial score (nSPS) is 11.4. The highest BCUT2D eigenvalue weighted by Gasteiger charge is 2.18. The Morgan fingerprint density at radius 1 is 1.09 bits per heavy atom. The Morgan fingerprint density at radius 3 is 2.51 bits per heavy atom. The summed E-state index contributed by atoms with van der Waals surface area (Å²) in [5.41, 5.74) is 2.32. The van der Waals surface area contributed by atoms with Gasteiger partial charge in [0.15, 0.2) is 5.58 Å². The molecule has 0 saturated heterocycles. The van der Waals surface area contributed by atoms with Gasteiger partial charge in [-0.25, -0.2) is 13.4 Å². The third-order valence-electron chi connectivity index (χ3n) is 5.26. The third-order valence-corrected chi connectivity index (χ3v) is 7.45. The second kappa shape index (κ2) is 10.8. The van der Waals surface area contributed by atoms with Crippen molar-refractivity contribution in [1.82, 2.24) is 9.88 Å². The van der Waals surface area contributed by atoms with Gasteiger partial charge in [0.05, 0.1) is 17.8 Å². The van der Waals surface area contributed by atoms with Crippen molar-refractivity contribution >= 4 is 44.5 Å². The van der Waals surface area contributed by atoms with Crippen molar-refractivity contribution in [2.45, 2.75) is 23.6 Å². The van der Waals surface area contributed by atoms with Gasteiger partial charge in [0.2, 0.25) is 5.91 Å². The van der Waals surface area contributed by atoms with Gasteiger partial charge < -0.3 is 14.1 Å². The first-order valence-corrected chi connectivity index (χ1v) is 13.4. The van der Waals surface area contributed by atoms with Crippen molar-refractivity contribution < 1.29 is 22.4 Å². The van der Waals surface area contributed by atoms with Crippen molar-refractivity contribution in [2.75, 3.05) is 24.1 Å². The van der Waals surface area contributed by atoms with Crippen molar-refractivity contribution in [3.8, 4) is 5.75 Å². The molecule has 3 aromatic carbocycles. The summed E-state index contributed by atoms with van der Waals surface area (Å²) in [5, 5.41) is 0.307. The van der Waals surface area contributed by atoms with Crippen LogP contribution in [0, 0.1) is 0 Å². The number of anilines is 1. The number of hydrogen-bond acceptors (Lipinski definition) is 7. The number of aromatic nitrogens is 1. The number of hydrogen-bond donors (Lipinski definition) is 1. The first-order chi connectivity index (χ1) is 16.9. The van der Waals surface area contributed by atoms with Gasteiger partial charge in [-0.15, -0.1) is 0 Å². The number of benzene rings is 3. The molecule has 1 aromatic heterocycles. The Labute approximate surface area is 208 Å². The lowest BCUT2D eigenvalue weighted by Gasteiger charge is -2.20. The minimum Gasteiger partial charge on any atom is -0.497 e. The zero-order chi connectivity index (χ0) is 24.8. The Hall–Kier alpha value is -3.50. The number of methoxy groups -OCH3 is 1. The molecule has 0 bridgehead atoms. The number of nitrogens with one attached hydrogen (secondary N) is 1. The third kappa shape index (κ3) is 6.14. The molecular weight excluding hydrogens is 486 g/mol. The van der Waals surface area contributed by atoms with E-state index in [4.69, 9.17) is 9.15 Å². The summed E-state index contributed by atoms with van der Waals surface area (Å²) >= 11 is 1.18. The molecule has 0 atom stereocenters. The molecule has 1 heterocycles. The molecule has 0 aliphatic carbocycles. The second-order valence-electron chi connectivity index (χ2n) is 7.63. The molecule has 0 aliphatic rings. The fourth-order valence-corrected chi connectivity index (χ4v) is 5.20. The first kappa shape index (κ1) is 24.6. The van der Waals surface area contributed by atoms with Crippen LogP contribution in [0.2, 0.25) is 0 Å². The number of carbonyl (C=O) groups excluding carboxylic acids is 1. The highest BCUT2D eigenvalue weighted by atomic mass is 32.2. The standard InChI is InChI=1S/C25H25N3O5S2/c1-3-28(16-18-7-5-4-6-8-18)24(29)17-34-25-26-22-15-21(13-14-23(22)33-25)35(30,31)27-19-9-11-20(32-2)12-10-19/h4-15,27H,3,16-17H2,1-2H3. The van der Waals surface area contributed by atoms with Crippen molar-refractivity contribution in [1.29, 1.82) is 0 Å². The van der Waals surface area contributed by atoms with Gasteiger partial charge in [0.1, 0.15) is 11.3 Å². The largest absolute Gasteiger partial charge is 0.497 e. The monoisotopic (exact) mass is 511 g/mol. The number of carbonyl (C=O) groups is 1. The Balaban J connectivity index is 1.42. The molecule has 4 rings (SSSR count). The van der Waals surface area contributed by atoms with Gasteiger partial charge >= 0.3 is 0 Å². The summed E-state index contributed by atoms with van der Waals surface area (Å²) in [6.07, 6.45) is 0. The van der Waals surface area contributed by atoms with Crippen molar-refractivity contribution in [2.24, 2.45) is 0 Å². The van der Waals surface area contributed by atoms with Gasteiger partial charge in [-0.3, -0.25) is 9.52 Å². The fourth-order valence-electron chi connectivity index (χ4n) is 3.38. The van der Waals surface area contributed by atoms with E-state index in [1.165, 1.54) is 23.9 Å². The second-order valence-corrected chi connectivity index (χ2v) is 10.2. The molecule has 182 valence electrons. The van der Waals surface area contributed by atoms with Gasteiger partial charge in [-0.2, -0.15) is 0 Å². The number of amides is 1. The average Bonchev–Trinajstić information content (AvgIpc) is 3.29. The van der Waals surface area contributed by atoms with Gasteiger partial charge in [0, 0.05) is 18.8 Å². The number of fused-ring (bicyclic) bond motifs is 1. The van der Waals surface area contributed by atoms with E-state index in [-0.39, 0.29) is 16.6 Å². The number of ether oxygens (including phenoxy) is 1. The van der Waals surface area contributed by atoms with Gasteiger partial charge in [-0.1, -0.05) is 42.1 Å². The molecule has 0 aliphatic heterocycles. The summed E-state index contributed by atoms with van der Waals surface area (Å²) < 4.78 is 39.0. The molecule has 0 saturated carbocycles. The first-order valence-electron chi connectivity index (χ1n) is 10.9. The zero-order valence-electron chi connectivity index (χ0n) is 19.3. The SMILES string of the molecule is CCN(Cc1ccccc1)C(=O)CSc1nc2cc(S(=O)(=O)Nc3ccc(OC)cc3)ccc2o1. The van der Waals surface area contributed by atoms with Gasteiger partial charge in [0.25, 0.3) is 15.2 Å². The maximum Gasteiger partial charge on any atom is 0.261 e. The number of oxazole rings is 1. The summed E-state index contributed by atoms with van der Waals surface area (Å²) in [6.45, 7) is 3.06. The summed E-state index contributed by atoms with van der Waals surface area (Å²) in [5.74, 6) is 0.760. The van der Waals surface area contributed by atoms with Crippen LogP contribution in [0.1, 0.15) is 12.5 Å². The highest BCUT2D eigenvalue weighted by Crippen LogP contribution is 2.27. The summed E-state index contributed by atoms with van der Waals surface area (Å²) in [6, 6.07) is 20.8. The van der Waals surface area contributed by atoms with E-state index in [1.54, 1.807) is 42.3 Å². The maximum absolute atomic E-state index is 12.8. The van der Waals surface area contributed by atoms with Crippen molar-refractivity contribution in [3.63, 3.8) is 0 Å². The van der Waals surface area contributed by atoms with E-state index < -0.39 is 10.0 Å². The lowest BCUT2D eigenvalue weighted by molar-refractivity contribution is -0.128. The molecule has 0 unspecified atom stereocenters. The van der Waals surface area contributed by atoms with Crippen LogP contribution < -0.4 is 9.46 Å². The van der Waals surface area contributed by atoms with E-state index in [0.29, 0.717) is 40.8 Å². The van der Waals surface area contributed by atoms with Crippen LogP contribution in [-0.4, -0.2) is 43.6 Å². The van der Waals surface area contributed by atoms with E-state index in [1.807, 2.05) is 37.3 Å². The average molecular weight is 512 g/mol. The molecule has 1 N–H and O–H groups in total. The number of nitrogens with zero attached hydrogens (tertiary/aromatic N) is 2. The van der Waals surface area contributed by atoms with Crippen LogP contribution in [0.25, 0.3) is 11.1 Å². The summed E-state index contributed by atoms with van der Waals surface area (Å²) in [7, 11) is -2.28. The number of sulfonamides is 1. The molecule has 0 fully saturated rings. The lowest BCUT2D eigenvalue weighted by Crippen LogP contribution is -2.31. The van der Waals surface area contributed by atoms with Crippen LogP contribution in [-0.2, 0) is 21.4 Å². The predicted octanol–water partition coefficient (Wildman–Crippen LogP) is 4.78. The van der Waals surface area contributed by atoms with E-state index in [2.05, 4.69) is 9.71 Å². The predicted molar refractivity (Wildman–Crippen MR) is 136 cm³/mol. The maximum atomic E-state index is 12.8. The van der Waals surface area contributed by atoms with Crippen molar-refractivity contribution in [3.05, 3.63) is 78.4 Å². The Morgan fingerprint density at radius 2 is 1.83 bits per heavy atom.